The SMILES string of the molecule is NC(=NCC1(c2ccc(F)cc2)CCCC1)N1CCSCC1. The molecule has 1 heterocycles. The number of aliphatic imine (C=N–C) groups is 1. The lowest BCUT2D eigenvalue weighted by atomic mass is 9.79. The van der Waals surface area contributed by atoms with E-state index in [4.69, 9.17) is 10.7 Å². The molecule has 3 nitrogen and oxygen atoms in total. The molecule has 2 aliphatic rings. The van der Waals surface area contributed by atoms with Gasteiger partial charge in [0.2, 0.25) is 0 Å². The lowest BCUT2D eigenvalue weighted by molar-refractivity contribution is 0.430. The molecule has 2 fully saturated rings. The van der Waals surface area contributed by atoms with E-state index in [0.29, 0.717) is 12.5 Å². The molecule has 120 valence electrons. The van der Waals surface area contributed by atoms with E-state index in [1.54, 1.807) is 12.1 Å². The maximum Gasteiger partial charge on any atom is 0.191 e. The molecule has 2 N–H and O–H groups in total. The van der Waals surface area contributed by atoms with Crippen LogP contribution in [-0.4, -0.2) is 42.0 Å². The van der Waals surface area contributed by atoms with Crippen molar-refractivity contribution >= 4 is 17.7 Å². The Morgan fingerprint density at radius 3 is 2.45 bits per heavy atom. The van der Waals surface area contributed by atoms with Gasteiger partial charge < -0.3 is 10.6 Å². The van der Waals surface area contributed by atoms with Crippen molar-refractivity contribution in [1.82, 2.24) is 4.90 Å². The number of hydrogen-bond donors (Lipinski definition) is 1. The van der Waals surface area contributed by atoms with Gasteiger partial charge in [0.25, 0.3) is 0 Å². The first-order valence-corrected chi connectivity index (χ1v) is 9.24. The summed E-state index contributed by atoms with van der Waals surface area (Å²) in [6.07, 6.45) is 4.66. The predicted molar refractivity (Wildman–Crippen MR) is 91.9 cm³/mol. The van der Waals surface area contributed by atoms with Crippen molar-refractivity contribution in [2.75, 3.05) is 31.1 Å². The number of nitrogens with two attached hydrogens (primary N) is 1. The van der Waals surface area contributed by atoms with Gasteiger partial charge in [0.15, 0.2) is 5.96 Å². The zero-order valence-corrected chi connectivity index (χ0v) is 13.7. The molecule has 1 saturated heterocycles. The number of thioether (sulfide) groups is 1. The Kier molecular flexibility index (Phi) is 4.91. The van der Waals surface area contributed by atoms with Gasteiger partial charge in [-0.1, -0.05) is 25.0 Å². The van der Waals surface area contributed by atoms with Crippen molar-refractivity contribution in [1.29, 1.82) is 0 Å². The molecule has 0 radical (unpaired) electrons. The number of guanidine groups is 1. The van der Waals surface area contributed by atoms with Crippen molar-refractivity contribution in [2.24, 2.45) is 10.7 Å². The Morgan fingerprint density at radius 2 is 1.82 bits per heavy atom. The van der Waals surface area contributed by atoms with Crippen molar-refractivity contribution in [2.45, 2.75) is 31.1 Å². The van der Waals surface area contributed by atoms with E-state index in [9.17, 15) is 4.39 Å². The molecule has 1 aromatic rings. The van der Waals surface area contributed by atoms with Crippen LogP contribution in [-0.2, 0) is 5.41 Å². The minimum absolute atomic E-state index is 0.0445. The first-order chi connectivity index (χ1) is 10.7. The van der Waals surface area contributed by atoms with Gasteiger partial charge in [0.1, 0.15) is 5.82 Å². The highest BCUT2D eigenvalue weighted by atomic mass is 32.2. The normalized spacial score (nSPS) is 22.0. The smallest absolute Gasteiger partial charge is 0.191 e. The molecule has 0 aromatic heterocycles. The van der Waals surface area contributed by atoms with Gasteiger partial charge >= 0.3 is 0 Å². The van der Waals surface area contributed by atoms with Crippen LogP contribution in [0, 0.1) is 5.82 Å². The summed E-state index contributed by atoms with van der Waals surface area (Å²) in [7, 11) is 0. The fourth-order valence-electron chi connectivity index (χ4n) is 3.52. The molecule has 3 rings (SSSR count). The minimum atomic E-state index is -0.175. The van der Waals surface area contributed by atoms with E-state index >= 15 is 0 Å². The van der Waals surface area contributed by atoms with Crippen molar-refractivity contribution < 1.29 is 4.39 Å². The molecule has 0 amide bonds. The van der Waals surface area contributed by atoms with Crippen LogP contribution in [0.4, 0.5) is 4.39 Å². The molecule has 0 unspecified atom stereocenters. The summed E-state index contributed by atoms with van der Waals surface area (Å²) in [6.45, 7) is 2.70. The van der Waals surface area contributed by atoms with Crippen LogP contribution in [0.5, 0.6) is 0 Å². The highest BCUT2D eigenvalue weighted by molar-refractivity contribution is 7.99. The molecular weight excluding hydrogens is 297 g/mol. The monoisotopic (exact) mass is 321 g/mol. The quantitative estimate of drug-likeness (QED) is 0.687. The lowest BCUT2D eigenvalue weighted by Crippen LogP contribution is -2.43. The second-order valence-corrected chi connectivity index (χ2v) is 7.49. The van der Waals surface area contributed by atoms with Gasteiger partial charge in [-0.05, 0) is 30.5 Å². The topological polar surface area (TPSA) is 41.6 Å². The van der Waals surface area contributed by atoms with Crippen LogP contribution in [0.15, 0.2) is 29.3 Å². The summed E-state index contributed by atoms with van der Waals surface area (Å²) in [6, 6.07) is 6.96. The van der Waals surface area contributed by atoms with Gasteiger partial charge in [0, 0.05) is 30.0 Å². The maximum atomic E-state index is 13.2. The standard InChI is InChI=1S/C17H24FN3S/c18-15-5-3-14(4-6-15)17(7-1-2-8-17)13-20-16(19)21-9-11-22-12-10-21/h3-6H,1-2,7-13H2,(H2,19,20). The molecule has 1 aliphatic carbocycles. The minimum Gasteiger partial charge on any atom is -0.370 e. The van der Waals surface area contributed by atoms with Gasteiger partial charge in [0.05, 0.1) is 6.54 Å². The van der Waals surface area contributed by atoms with Crippen LogP contribution in [0.1, 0.15) is 31.2 Å². The Balaban J connectivity index is 1.75. The van der Waals surface area contributed by atoms with E-state index in [1.165, 1.54) is 18.4 Å². The molecule has 0 bridgehead atoms. The molecular formula is C17H24FN3S. The average molecular weight is 321 g/mol. The number of hydrogen-bond acceptors (Lipinski definition) is 2. The summed E-state index contributed by atoms with van der Waals surface area (Å²) in [5.41, 5.74) is 7.44. The van der Waals surface area contributed by atoms with Crippen LogP contribution in [0.2, 0.25) is 0 Å². The second-order valence-electron chi connectivity index (χ2n) is 6.27. The number of nitrogens with zero attached hydrogens (tertiary/aromatic N) is 2. The van der Waals surface area contributed by atoms with Crippen molar-refractivity contribution in [3.63, 3.8) is 0 Å². The van der Waals surface area contributed by atoms with Crippen LogP contribution in [0.3, 0.4) is 0 Å². The van der Waals surface area contributed by atoms with E-state index in [0.717, 1.165) is 37.4 Å². The van der Waals surface area contributed by atoms with E-state index in [1.807, 2.05) is 23.9 Å². The lowest BCUT2D eigenvalue weighted by Gasteiger charge is -2.30. The van der Waals surface area contributed by atoms with E-state index in [-0.39, 0.29) is 11.2 Å². The zero-order chi connectivity index (χ0) is 15.4. The number of benzene rings is 1. The Morgan fingerprint density at radius 1 is 1.18 bits per heavy atom. The second kappa shape index (κ2) is 6.90. The fourth-order valence-corrected chi connectivity index (χ4v) is 4.42. The third-order valence-electron chi connectivity index (χ3n) is 4.90. The maximum absolute atomic E-state index is 13.2. The molecule has 5 heteroatoms. The molecule has 1 aromatic carbocycles. The third kappa shape index (κ3) is 3.40. The highest BCUT2D eigenvalue weighted by Gasteiger charge is 2.35. The Labute approximate surface area is 136 Å². The Bertz CT molecular complexity index is 517. The largest absolute Gasteiger partial charge is 0.370 e. The molecule has 0 atom stereocenters. The van der Waals surface area contributed by atoms with E-state index < -0.39 is 0 Å². The molecule has 1 saturated carbocycles. The summed E-state index contributed by atoms with van der Waals surface area (Å²) >= 11 is 1.97. The van der Waals surface area contributed by atoms with Crippen molar-refractivity contribution in [3.05, 3.63) is 35.6 Å². The predicted octanol–water partition coefficient (Wildman–Crippen LogP) is 3.00. The fraction of sp³-hybridized carbons (Fsp3) is 0.588. The molecule has 1 aliphatic heterocycles. The summed E-state index contributed by atoms with van der Waals surface area (Å²) in [5, 5.41) is 0. The third-order valence-corrected chi connectivity index (χ3v) is 5.84. The van der Waals surface area contributed by atoms with Crippen LogP contribution < -0.4 is 5.73 Å². The van der Waals surface area contributed by atoms with Gasteiger partial charge in [-0.25, -0.2) is 4.39 Å². The van der Waals surface area contributed by atoms with Gasteiger partial charge in [-0.3, -0.25) is 4.99 Å². The summed E-state index contributed by atoms with van der Waals surface area (Å²) in [5.74, 6) is 2.75. The molecule has 22 heavy (non-hydrogen) atoms. The first-order valence-electron chi connectivity index (χ1n) is 8.08. The molecule has 0 spiro atoms. The highest BCUT2D eigenvalue weighted by Crippen LogP contribution is 2.41. The van der Waals surface area contributed by atoms with E-state index in [2.05, 4.69) is 4.90 Å². The first kappa shape index (κ1) is 15.7. The van der Waals surface area contributed by atoms with Crippen LogP contribution >= 0.6 is 11.8 Å². The van der Waals surface area contributed by atoms with Gasteiger partial charge in [-0.2, -0.15) is 11.8 Å². The zero-order valence-electron chi connectivity index (χ0n) is 12.9. The summed E-state index contributed by atoms with van der Waals surface area (Å²) < 4.78 is 13.2. The number of rotatable bonds is 3. The van der Waals surface area contributed by atoms with Crippen LogP contribution in [0.25, 0.3) is 0 Å². The Hall–Kier alpha value is -1.23. The number of halogens is 1. The summed E-state index contributed by atoms with van der Waals surface area (Å²) in [4.78, 5) is 6.90. The average Bonchev–Trinajstić information content (AvgIpc) is 3.04. The van der Waals surface area contributed by atoms with Gasteiger partial charge in [-0.15, -0.1) is 0 Å². The van der Waals surface area contributed by atoms with Crippen molar-refractivity contribution in [3.8, 4) is 0 Å².